The van der Waals surface area contributed by atoms with Gasteiger partial charge in [0.25, 0.3) is 5.88 Å². The first-order chi connectivity index (χ1) is 27.9. The van der Waals surface area contributed by atoms with Crippen molar-refractivity contribution < 1.29 is 52.3 Å². The summed E-state index contributed by atoms with van der Waals surface area (Å²) < 4.78 is 27.2. The molecule has 2 heterocycles. The van der Waals surface area contributed by atoms with Crippen molar-refractivity contribution in [2.45, 2.75) is 234 Å². The van der Waals surface area contributed by atoms with Crippen LogP contribution in [0.5, 0.6) is 5.88 Å². The molecule has 0 aromatic carbocycles. The average Bonchev–Trinajstić information content (AvgIpc) is 3.64. The molecule has 0 fully saturated rings. The Labute approximate surface area is 389 Å². The SMILES string of the molecule is CCCCCCCCCCCC(Cl)OC(=O)CC(C)C.CCCCCCCCCCCC(OC(=O)CC(C)C)[N+]1(C)CCC=C(c2nsnc2OCCCCCC)C1.[I-]. The van der Waals surface area contributed by atoms with Crippen LogP contribution in [0.2, 0.25) is 0 Å². The second kappa shape index (κ2) is 37.6. The van der Waals surface area contributed by atoms with E-state index >= 15 is 0 Å². The fourth-order valence-corrected chi connectivity index (χ4v) is 8.30. The van der Waals surface area contributed by atoms with E-state index in [9.17, 15) is 9.59 Å². The Morgan fingerprint density at radius 1 is 0.678 bits per heavy atom. The summed E-state index contributed by atoms with van der Waals surface area (Å²) >= 11 is 7.24. The molecule has 0 spiro atoms. The minimum atomic E-state index is -0.439. The number of hydrogen-bond acceptors (Lipinski definition) is 8. The van der Waals surface area contributed by atoms with Gasteiger partial charge in [-0.2, -0.15) is 4.37 Å². The summed E-state index contributed by atoms with van der Waals surface area (Å²) in [5.74, 6) is 1.06. The van der Waals surface area contributed by atoms with E-state index in [4.69, 9.17) is 25.8 Å². The van der Waals surface area contributed by atoms with Crippen LogP contribution >= 0.6 is 23.3 Å². The molecule has 0 saturated carbocycles. The van der Waals surface area contributed by atoms with Gasteiger partial charge < -0.3 is 38.2 Å². The monoisotopic (exact) mass is 982 g/mol. The molecule has 1 aliphatic rings. The molecule has 0 amide bonds. The number of nitrogens with zero attached hydrogens (tertiary/aromatic N) is 3. The number of carbonyl (C=O) groups excluding carboxylic acids is 2. The van der Waals surface area contributed by atoms with Crippen molar-refractivity contribution in [3.05, 3.63) is 11.8 Å². The lowest BCUT2D eigenvalue weighted by atomic mass is 10.0. The predicted octanol–water partition coefficient (Wildman–Crippen LogP) is 11.6. The van der Waals surface area contributed by atoms with Gasteiger partial charge in [-0.15, -0.1) is 4.37 Å². The standard InChI is InChI=1S/C31H56N3O3S.C17H33ClO2.HI/c1-6-8-10-12-13-14-15-16-17-21-28(37-29(35)24-26(3)4)34(5)22-19-20-27(25-34)30-31(33-38-32-30)36-23-18-11-9-7-2;1-4-5-6-7-8-9-10-11-12-13-16(18)20-17(19)14-15(2)3;/h20,26,28H,6-19,21-25H2,1-5H3;15-16H,4-14H2,1-3H3;1H/q+1;;/p-1. The zero-order valence-electron chi connectivity index (χ0n) is 39.1. The zero-order chi connectivity index (χ0) is 42.9. The second-order valence-electron chi connectivity index (χ2n) is 18.0. The maximum atomic E-state index is 12.8. The van der Waals surface area contributed by atoms with Crippen molar-refractivity contribution in [3.8, 4) is 5.88 Å². The third-order valence-corrected chi connectivity index (χ3v) is 11.8. The number of rotatable bonds is 34. The van der Waals surface area contributed by atoms with Crippen LogP contribution in [0.1, 0.15) is 228 Å². The molecular weight excluding hydrogens is 893 g/mol. The highest BCUT2D eigenvalue weighted by Gasteiger charge is 2.39. The molecule has 1 aromatic rings. The van der Waals surface area contributed by atoms with E-state index in [0.29, 0.717) is 41.6 Å². The number of likely N-dealkylation sites (N-methyl/N-ethyl adjacent to an activating group) is 1. The maximum Gasteiger partial charge on any atom is 0.310 e. The van der Waals surface area contributed by atoms with Crippen LogP contribution in [0.25, 0.3) is 5.57 Å². The van der Waals surface area contributed by atoms with Gasteiger partial charge in [-0.05, 0) is 37.5 Å². The van der Waals surface area contributed by atoms with Crippen LogP contribution in [0.3, 0.4) is 0 Å². The Kier molecular flexibility index (Phi) is 36.9. The molecule has 346 valence electrons. The molecule has 8 nitrogen and oxygen atoms in total. The molecule has 3 unspecified atom stereocenters. The Morgan fingerprint density at radius 3 is 1.64 bits per heavy atom. The molecule has 0 N–H and O–H groups in total. The first-order valence-electron chi connectivity index (χ1n) is 24.0. The summed E-state index contributed by atoms with van der Waals surface area (Å²) in [5.41, 5.74) is 1.61. The van der Waals surface area contributed by atoms with Gasteiger partial charge in [-0.3, -0.25) is 14.1 Å². The van der Waals surface area contributed by atoms with E-state index in [-0.39, 0.29) is 42.1 Å². The highest BCUT2D eigenvalue weighted by Crippen LogP contribution is 2.33. The van der Waals surface area contributed by atoms with Gasteiger partial charge >= 0.3 is 11.9 Å². The van der Waals surface area contributed by atoms with Gasteiger partial charge in [0.15, 0.2) is 5.56 Å². The minimum Gasteiger partial charge on any atom is -1.00 e. The third kappa shape index (κ3) is 29.9. The van der Waals surface area contributed by atoms with Crippen LogP contribution in [-0.4, -0.2) is 63.7 Å². The van der Waals surface area contributed by atoms with Crippen molar-refractivity contribution in [2.24, 2.45) is 11.8 Å². The number of ether oxygens (including phenoxy) is 3. The largest absolute Gasteiger partial charge is 1.00 e. The van der Waals surface area contributed by atoms with Crippen molar-refractivity contribution in [2.75, 3.05) is 26.7 Å². The van der Waals surface area contributed by atoms with E-state index in [2.05, 4.69) is 56.5 Å². The summed E-state index contributed by atoms with van der Waals surface area (Å²) in [7, 11) is 2.25. The number of aromatic nitrogens is 2. The minimum absolute atomic E-state index is 0. The molecule has 1 aromatic heterocycles. The molecular formula is C48H89ClIN3O5S. The van der Waals surface area contributed by atoms with Gasteiger partial charge in [-0.25, -0.2) is 0 Å². The molecule has 11 heteroatoms. The normalized spacial score (nSPS) is 16.2. The first-order valence-corrected chi connectivity index (χ1v) is 25.1. The van der Waals surface area contributed by atoms with E-state index in [1.165, 1.54) is 139 Å². The van der Waals surface area contributed by atoms with Crippen LogP contribution in [0, 0.1) is 11.8 Å². The summed E-state index contributed by atoms with van der Waals surface area (Å²) in [6, 6.07) is 0. The lowest BCUT2D eigenvalue weighted by molar-refractivity contribution is -0.947. The molecule has 59 heavy (non-hydrogen) atoms. The lowest BCUT2D eigenvalue weighted by Gasteiger charge is -2.43. The molecule has 3 atom stereocenters. The number of carbonyl (C=O) groups is 2. The Morgan fingerprint density at radius 2 is 1.14 bits per heavy atom. The van der Waals surface area contributed by atoms with Crippen LogP contribution in [0.4, 0.5) is 0 Å². The predicted molar refractivity (Wildman–Crippen MR) is 246 cm³/mol. The average molecular weight is 983 g/mol. The molecule has 0 aliphatic carbocycles. The smallest absolute Gasteiger partial charge is 0.310 e. The van der Waals surface area contributed by atoms with Gasteiger partial charge in [-0.1, -0.05) is 188 Å². The second-order valence-corrected chi connectivity index (χ2v) is 19.0. The van der Waals surface area contributed by atoms with Gasteiger partial charge in [0.2, 0.25) is 6.23 Å². The zero-order valence-corrected chi connectivity index (χ0v) is 42.9. The van der Waals surface area contributed by atoms with Gasteiger partial charge in [0.05, 0.1) is 31.9 Å². The van der Waals surface area contributed by atoms with E-state index in [0.717, 1.165) is 57.3 Å². The molecule has 0 saturated heterocycles. The summed E-state index contributed by atoms with van der Waals surface area (Å²) in [4.78, 5) is 24.2. The van der Waals surface area contributed by atoms with Crippen molar-refractivity contribution in [3.63, 3.8) is 0 Å². The highest BCUT2D eigenvalue weighted by molar-refractivity contribution is 6.99. The lowest BCUT2D eigenvalue weighted by Crippen LogP contribution is -3.00. The number of unbranched alkanes of at least 4 members (excludes halogenated alkanes) is 19. The Hall–Kier alpha value is -0.980. The third-order valence-electron chi connectivity index (χ3n) is 11.0. The van der Waals surface area contributed by atoms with Crippen molar-refractivity contribution >= 4 is 40.8 Å². The number of esters is 2. The van der Waals surface area contributed by atoms with Gasteiger partial charge in [0, 0.05) is 31.3 Å². The number of hydrogen-bond donors (Lipinski definition) is 0. The van der Waals surface area contributed by atoms with E-state index in [1.807, 2.05) is 13.8 Å². The Balaban J connectivity index is 0.00000136. The van der Waals surface area contributed by atoms with E-state index < -0.39 is 5.56 Å². The maximum absolute atomic E-state index is 12.8. The Bertz CT molecular complexity index is 1200. The fourth-order valence-electron chi connectivity index (χ4n) is 7.51. The fraction of sp³-hybridized carbons (Fsp3) is 0.875. The van der Waals surface area contributed by atoms with Crippen molar-refractivity contribution in [1.29, 1.82) is 0 Å². The number of alkyl halides is 1. The summed E-state index contributed by atoms with van der Waals surface area (Å²) in [6.07, 6.45) is 33.7. The number of halogens is 2. The molecule has 0 bridgehead atoms. The summed E-state index contributed by atoms with van der Waals surface area (Å²) in [6.45, 7) is 17.3. The van der Waals surface area contributed by atoms with Crippen LogP contribution in [-0.2, 0) is 19.1 Å². The van der Waals surface area contributed by atoms with Crippen LogP contribution < -0.4 is 28.7 Å². The molecule has 2 rings (SSSR count). The van der Waals surface area contributed by atoms with E-state index in [1.54, 1.807) is 0 Å². The first kappa shape index (κ1) is 58.0. The van der Waals surface area contributed by atoms with Gasteiger partial charge in [0.1, 0.15) is 12.2 Å². The highest BCUT2D eigenvalue weighted by atomic mass is 127. The molecule has 0 radical (unpaired) electrons. The quantitative estimate of drug-likeness (QED) is 0.0223. The molecule has 1 aliphatic heterocycles. The van der Waals surface area contributed by atoms with Crippen LogP contribution in [0.15, 0.2) is 6.08 Å². The topological polar surface area (TPSA) is 87.6 Å². The summed E-state index contributed by atoms with van der Waals surface area (Å²) in [5, 5.41) is 0. The number of quaternary nitrogens is 1. The van der Waals surface area contributed by atoms with Crippen molar-refractivity contribution in [1.82, 2.24) is 8.75 Å².